The molecule has 0 aromatic heterocycles. The molecule has 15 heteroatoms. The first kappa shape index (κ1) is 45.0. The molecule has 0 saturated carbocycles. The van der Waals surface area contributed by atoms with Crippen molar-refractivity contribution < 1.29 is 43.7 Å². The van der Waals surface area contributed by atoms with Crippen LogP contribution < -0.4 is 22.1 Å². The second-order valence-corrected chi connectivity index (χ2v) is 13.5. The quantitative estimate of drug-likeness (QED) is 0.0252. The summed E-state index contributed by atoms with van der Waals surface area (Å²) in [5.74, 6) is -2.95. The molecule has 8 N–H and O–H groups in total. The number of carbonyl (C=O) groups is 6. The van der Waals surface area contributed by atoms with Crippen LogP contribution >= 0.6 is 15.9 Å². The standard InChI is InChI=1S/C36H56BrN5O9/c1-2-13-30(34(48)49)42-36(50)51-21-12-6-11-20-40-32(45)17-10-4-3-8-15-28(43)22-26(33(46)47)14-7-5-9-16-31(44)25-18-19-27(29(37)23-25)24-41-35(38)39/h18-19,23,26,30H,2-17,20-22,24H2,1H3,(H,40,45)(H,42,50)(H,46,47)(H,48,49)(H4,38,39,41)/t26?,30-/m0/s1/i37-3. The van der Waals surface area contributed by atoms with Crippen LogP contribution in [0.25, 0.3) is 0 Å². The average molecular weight is 780 g/mol. The molecule has 0 spiro atoms. The number of ether oxygens (including phenoxy) is 1. The Kier molecular flexibility index (Phi) is 23.6. The molecular formula is C36H56BrN5O9. The number of hydrogen-bond donors (Lipinski definition) is 6. The Bertz CT molecular complexity index is 1300. The Hall–Kier alpha value is -4.01. The molecule has 0 bridgehead atoms. The van der Waals surface area contributed by atoms with Gasteiger partial charge >= 0.3 is 18.0 Å². The van der Waals surface area contributed by atoms with E-state index in [4.69, 9.17) is 21.3 Å². The van der Waals surface area contributed by atoms with Crippen molar-refractivity contribution in [1.29, 1.82) is 0 Å². The fraction of sp³-hybridized carbons (Fsp3) is 0.639. The fourth-order valence-corrected chi connectivity index (χ4v) is 5.79. The van der Waals surface area contributed by atoms with Gasteiger partial charge in [-0.15, -0.1) is 0 Å². The topological polar surface area (TPSA) is 241 Å². The molecule has 1 aromatic rings. The lowest BCUT2D eigenvalue weighted by atomic mass is 9.93. The van der Waals surface area contributed by atoms with Gasteiger partial charge in [0, 0.05) is 42.3 Å². The van der Waals surface area contributed by atoms with Crippen LogP contribution in [0, 0.1) is 5.92 Å². The minimum Gasteiger partial charge on any atom is -0.481 e. The number of nitrogens with zero attached hydrogens (tertiary/aromatic N) is 1. The SMILES string of the molecule is CCC[C@H](NC(=O)OCCCCCNC(=O)CCCCCCC(=O)CC(CCCCCC(=O)c1ccc(CN=C(N)N)c([77Br])c1)C(=O)O)C(=O)O. The Morgan fingerprint density at radius 3 is 2.16 bits per heavy atom. The molecular weight excluding hydrogens is 723 g/mol. The molecule has 14 nitrogen and oxygen atoms in total. The van der Waals surface area contributed by atoms with E-state index in [1.54, 1.807) is 18.2 Å². The molecule has 0 heterocycles. The number of unbranched alkanes of at least 4 members (excludes halogenated alkanes) is 7. The number of carbonyl (C=O) groups excluding carboxylic acids is 4. The molecule has 0 fully saturated rings. The van der Waals surface area contributed by atoms with Crippen LogP contribution in [-0.2, 0) is 30.5 Å². The summed E-state index contributed by atoms with van der Waals surface area (Å²) in [6.07, 6.45) is 8.54. The minimum absolute atomic E-state index is 0.000362. The molecule has 1 unspecified atom stereocenters. The van der Waals surface area contributed by atoms with Gasteiger partial charge in [0.1, 0.15) is 11.8 Å². The zero-order valence-electron chi connectivity index (χ0n) is 29.8. The number of Topliss-reactive ketones (excluding diaryl/α,β-unsaturated/α-hetero) is 2. The van der Waals surface area contributed by atoms with E-state index in [0.29, 0.717) is 95.7 Å². The van der Waals surface area contributed by atoms with Gasteiger partial charge in [0.25, 0.3) is 0 Å². The van der Waals surface area contributed by atoms with E-state index in [0.717, 1.165) is 35.7 Å². The van der Waals surface area contributed by atoms with E-state index >= 15 is 0 Å². The Morgan fingerprint density at radius 1 is 0.843 bits per heavy atom. The number of nitrogens with two attached hydrogens (primary N) is 2. The molecule has 51 heavy (non-hydrogen) atoms. The lowest BCUT2D eigenvalue weighted by Gasteiger charge is -2.13. The first-order valence-electron chi connectivity index (χ1n) is 17.9. The number of aliphatic imine (C=N–C) groups is 1. The second-order valence-electron chi connectivity index (χ2n) is 12.6. The first-order chi connectivity index (χ1) is 24.3. The summed E-state index contributed by atoms with van der Waals surface area (Å²) in [6.45, 7) is 2.81. The number of carboxylic acids is 2. The summed E-state index contributed by atoms with van der Waals surface area (Å²) in [7, 11) is 0. The Morgan fingerprint density at radius 2 is 1.51 bits per heavy atom. The van der Waals surface area contributed by atoms with Gasteiger partial charge in [-0.25, -0.2) is 14.6 Å². The van der Waals surface area contributed by atoms with Crippen LogP contribution in [0.1, 0.15) is 132 Å². The fourth-order valence-electron chi connectivity index (χ4n) is 5.29. The highest BCUT2D eigenvalue weighted by Gasteiger charge is 2.21. The number of amides is 2. The van der Waals surface area contributed by atoms with Crippen LogP contribution in [0.3, 0.4) is 0 Å². The number of aliphatic carboxylic acids is 2. The van der Waals surface area contributed by atoms with Crippen molar-refractivity contribution in [3.05, 3.63) is 33.8 Å². The molecule has 0 radical (unpaired) electrons. The summed E-state index contributed by atoms with van der Waals surface area (Å²) >= 11 is 3.44. The van der Waals surface area contributed by atoms with E-state index in [1.807, 2.05) is 6.92 Å². The number of benzene rings is 1. The summed E-state index contributed by atoms with van der Waals surface area (Å²) < 4.78 is 5.76. The first-order valence-corrected chi connectivity index (χ1v) is 18.7. The third-order valence-corrected chi connectivity index (χ3v) is 8.98. The normalized spacial score (nSPS) is 12.0. The smallest absolute Gasteiger partial charge is 0.407 e. The zero-order chi connectivity index (χ0) is 38.0. The number of carboxylic acid groups (broad SMARTS) is 2. The summed E-state index contributed by atoms with van der Waals surface area (Å²) in [6, 6.07) is 4.32. The van der Waals surface area contributed by atoms with Crippen molar-refractivity contribution in [2.75, 3.05) is 13.2 Å². The molecule has 0 saturated heterocycles. The van der Waals surface area contributed by atoms with E-state index in [-0.39, 0.29) is 36.5 Å². The number of rotatable bonds is 29. The highest BCUT2D eigenvalue weighted by atomic mass is 76.9. The molecule has 0 aliphatic heterocycles. The zero-order valence-corrected chi connectivity index (χ0v) is 31.3. The molecule has 1 rings (SSSR count). The largest absolute Gasteiger partial charge is 0.481 e. The predicted molar refractivity (Wildman–Crippen MR) is 197 cm³/mol. The average Bonchev–Trinajstić information content (AvgIpc) is 3.07. The maximum Gasteiger partial charge on any atom is 0.407 e. The van der Waals surface area contributed by atoms with Crippen molar-refractivity contribution in [2.24, 2.45) is 22.4 Å². The van der Waals surface area contributed by atoms with Gasteiger partial charge in [0.2, 0.25) is 5.91 Å². The van der Waals surface area contributed by atoms with Gasteiger partial charge < -0.3 is 37.1 Å². The molecule has 1 aromatic carbocycles. The summed E-state index contributed by atoms with van der Waals surface area (Å²) in [5.41, 5.74) is 12.2. The monoisotopic (exact) mass is 779 g/mol. The highest BCUT2D eigenvalue weighted by Crippen LogP contribution is 2.22. The van der Waals surface area contributed by atoms with E-state index in [1.165, 1.54) is 0 Å². The van der Waals surface area contributed by atoms with Crippen LogP contribution in [0.4, 0.5) is 4.79 Å². The molecule has 2 amide bonds. The summed E-state index contributed by atoms with van der Waals surface area (Å²) in [5, 5.41) is 23.9. The van der Waals surface area contributed by atoms with Gasteiger partial charge in [-0.3, -0.25) is 19.2 Å². The number of hydrogen-bond acceptors (Lipinski definition) is 8. The summed E-state index contributed by atoms with van der Waals surface area (Å²) in [4.78, 5) is 75.6. The number of nitrogens with one attached hydrogen (secondary N) is 2. The number of guanidine groups is 1. The van der Waals surface area contributed by atoms with Crippen LogP contribution in [0.15, 0.2) is 27.7 Å². The number of alkyl carbamates (subject to hydrolysis) is 1. The lowest BCUT2D eigenvalue weighted by molar-refractivity contribution is -0.144. The van der Waals surface area contributed by atoms with Crippen molar-refractivity contribution in [1.82, 2.24) is 10.6 Å². The van der Waals surface area contributed by atoms with Crippen molar-refractivity contribution in [3.8, 4) is 0 Å². The third kappa shape index (κ3) is 21.7. The lowest BCUT2D eigenvalue weighted by Crippen LogP contribution is -2.41. The van der Waals surface area contributed by atoms with Crippen molar-refractivity contribution >= 4 is 57.4 Å². The van der Waals surface area contributed by atoms with Crippen LogP contribution in [-0.4, -0.2) is 70.9 Å². The maximum atomic E-state index is 12.6. The Balaban J connectivity index is 2.12. The maximum absolute atomic E-state index is 12.6. The van der Waals surface area contributed by atoms with Gasteiger partial charge in [-0.2, -0.15) is 0 Å². The van der Waals surface area contributed by atoms with Crippen molar-refractivity contribution in [3.63, 3.8) is 0 Å². The minimum atomic E-state index is -1.09. The van der Waals surface area contributed by atoms with E-state index < -0.39 is 30.0 Å². The molecule has 286 valence electrons. The van der Waals surface area contributed by atoms with E-state index in [2.05, 4.69) is 31.6 Å². The van der Waals surface area contributed by atoms with Gasteiger partial charge in [-0.1, -0.05) is 67.1 Å². The van der Waals surface area contributed by atoms with Crippen molar-refractivity contribution in [2.45, 2.75) is 129 Å². The molecule has 0 aliphatic rings. The van der Waals surface area contributed by atoms with Gasteiger partial charge in [0.05, 0.1) is 19.1 Å². The Labute approximate surface area is 309 Å². The predicted octanol–water partition coefficient (Wildman–Crippen LogP) is 5.62. The third-order valence-electron chi connectivity index (χ3n) is 8.24. The van der Waals surface area contributed by atoms with E-state index in [9.17, 15) is 33.9 Å². The molecule has 2 atom stereocenters. The van der Waals surface area contributed by atoms with Gasteiger partial charge in [-0.05, 0) is 63.0 Å². The van der Waals surface area contributed by atoms with Gasteiger partial charge in [0.15, 0.2) is 11.7 Å². The highest BCUT2D eigenvalue weighted by molar-refractivity contribution is 9.10. The second kappa shape index (κ2) is 26.8. The van der Waals surface area contributed by atoms with Crippen LogP contribution in [0.2, 0.25) is 0 Å². The number of halogens is 1. The number of ketones is 2. The van der Waals surface area contributed by atoms with Crippen LogP contribution in [0.5, 0.6) is 0 Å². The molecule has 0 aliphatic carbocycles.